The van der Waals surface area contributed by atoms with Crippen molar-refractivity contribution in [2.24, 2.45) is 11.7 Å². The minimum atomic E-state index is -0.103. The average Bonchev–Trinajstić information content (AvgIpc) is 2.43. The third-order valence-corrected chi connectivity index (χ3v) is 3.13. The zero-order valence-corrected chi connectivity index (χ0v) is 13.4. The number of anilines is 1. The van der Waals surface area contributed by atoms with Crippen molar-refractivity contribution in [3.05, 3.63) is 29.8 Å². The van der Waals surface area contributed by atoms with E-state index in [1.165, 1.54) is 0 Å². The number of benzene rings is 1. The van der Waals surface area contributed by atoms with E-state index in [9.17, 15) is 4.79 Å². The summed E-state index contributed by atoms with van der Waals surface area (Å²) in [5, 5.41) is 2.91. The minimum absolute atomic E-state index is 0.00565. The van der Waals surface area contributed by atoms with Crippen molar-refractivity contribution < 1.29 is 9.53 Å². The molecule has 0 aliphatic heterocycles. The molecule has 1 rings (SSSR count). The van der Waals surface area contributed by atoms with Crippen LogP contribution in [0.5, 0.6) is 0 Å². The fraction of sp³-hybridized carbons (Fsp3) is 0.562. The lowest BCUT2D eigenvalue weighted by Crippen LogP contribution is -2.39. The van der Waals surface area contributed by atoms with Crippen LogP contribution >= 0.6 is 0 Å². The van der Waals surface area contributed by atoms with E-state index in [0.29, 0.717) is 25.6 Å². The average molecular weight is 293 g/mol. The Labute approximate surface area is 127 Å². The molecule has 2 amide bonds. The van der Waals surface area contributed by atoms with Gasteiger partial charge in [-0.2, -0.15) is 0 Å². The van der Waals surface area contributed by atoms with Gasteiger partial charge in [-0.25, -0.2) is 4.79 Å². The number of methoxy groups -OCH3 is 1. The fourth-order valence-corrected chi connectivity index (χ4v) is 1.99. The molecule has 3 N–H and O–H groups in total. The van der Waals surface area contributed by atoms with Gasteiger partial charge in [0.25, 0.3) is 0 Å². The lowest BCUT2D eigenvalue weighted by molar-refractivity contribution is 0.150. The molecule has 5 heteroatoms. The molecule has 0 aromatic heterocycles. The molecule has 0 heterocycles. The third-order valence-electron chi connectivity index (χ3n) is 3.13. The zero-order chi connectivity index (χ0) is 15.8. The second-order valence-electron chi connectivity index (χ2n) is 5.67. The first-order chi connectivity index (χ1) is 9.93. The van der Waals surface area contributed by atoms with Gasteiger partial charge in [-0.1, -0.05) is 26.0 Å². The van der Waals surface area contributed by atoms with Crippen LogP contribution in [0.25, 0.3) is 0 Å². The number of nitrogens with one attached hydrogen (secondary N) is 1. The molecule has 21 heavy (non-hydrogen) atoms. The van der Waals surface area contributed by atoms with Crippen LogP contribution in [0.1, 0.15) is 32.4 Å². The Hall–Kier alpha value is -1.59. The van der Waals surface area contributed by atoms with Crippen molar-refractivity contribution in [2.75, 3.05) is 32.1 Å². The molecule has 0 radical (unpaired) electrons. The number of ether oxygens (including phenoxy) is 1. The Kier molecular flexibility index (Phi) is 7.19. The van der Waals surface area contributed by atoms with Gasteiger partial charge in [0.2, 0.25) is 0 Å². The van der Waals surface area contributed by atoms with Crippen LogP contribution in [0.4, 0.5) is 10.5 Å². The minimum Gasteiger partial charge on any atom is -0.383 e. The molecule has 118 valence electrons. The second-order valence-corrected chi connectivity index (χ2v) is 5.67. The smallest absolute Gasteiger partial charge is 0.321 e. The largest absolute Gasteiger partial charge is 0.383 e. The highest BCUT2D eigenvalue weighted by Crippen LogP contribution is 2.15. The van der Waals surface area contributed by atoms with Gasteiger partial charge in [0, 0.05) is 31.9 Å². The van der Waals surface area contributed by atoms with E-state index in [2.05, 4.69) is 19.2 Å². The first-order valence-corrected chi connectivity index (χ1v) is 7.34. The molecule has 1 atom stereocenters. The predicted octanol–water partition coefficient (Wildman–Crippen LogP) is 2.84. The fourth-order valence-electron chi connectivity index (χ4n) is 1.99. The molecule has 1 aromatic carbocycles. The summed E-state index contributed by atoms with van der Waals surface area (Å²) in [5.74, 6) is 0.410. The highest BCUT2D eigenvalue weighted by Gasteiger charge is 2.14. The molecule has 0 saturated heterocycles. The highest BCUT2D eigenvalue weighted by molar-refractivity contribution is 5.89. The van der Waals surface area contributed by atoms with Gasteiger partial charge in [0.1, 0.15) is 0 Å². The van der Waals surface area contributed by atoms with Crippen LogP contribution in [0.15, 0.2) is 24.3 Å². The van der Waals surface area contributed by atoms with Crippen molar-refractivity contribution in [1.82, 2.24) is 4.90 Å². The Morgan fingerprint density at radius 2 is 1.90 bits per heavy atom. The molecule has 0 aliphatic carbocycles. The summed E-state index contributed by atoms with van der Waals surface area (Å²) in [6.45, 7) is 7.92. The molecule has 0 bridgehead atoms. The number of urea groups is 1. The van der Waals surface area contributed by atoms with E-state index >= 15 is 0 Å². The molecule has 0 spiro atoms. The summed E-state index contributed by atoms with van der Waals surface area (Å²) >= 11 is 0. The predicted molar refractivity (Wildman–Crippen MR) is 86.4 cm³/mol. The van der Waals surface area contributed by atoms with Crippen molar-refractivity contribution in [2.45, 2.75) is 26.8 Å². The molecule has 0 fully saturated rings. The van der Waals surface area contributed by atoms with Gasteiger partial charge >= 0.3 is 6.03 Å². The monoisotopic (exact) mass is 293 g/mol. The lowest BCUT2D eigenvalue weighted by Gasteiger charge is -2.24. The Bertz CT molecular complexity index is 430. The normalized spacial score (nSPS) is 12.3. The third kappa shape index (κ3) is 6.14. The van der Waals surface area contributed by atoms with Crippen LogP contribution < -0.4 is 11.1 Å². The summed E-state index contributed by atoms with van der Waals surface area (Å²) in [6, 6.07) is 7.51. The number of nitrogens with two attached hydrogens (primary N) is 1. The number of amides is 2. The van der Waals surface area contributed by atoms with E-state index in [0.717, 1.165) is 11.3 Å². The first kappa shape index (κ1) is 17.5. The van der Waals surface area contributed by atoms with E-state index in [1.807, 2.05) is 31.2 Å². The molecule has 0 aliphatic rings. The van der Waals surface area contributed by atoms with Gasteiger partial charge in [0.05, 0.1) is 6.61 Å². The first-order valence-electron chi connectivity index (χ1n) is 7.34. The van der Waals surface area contributed by atoms with Gasteiger partial charge in [-0.05, 0) is 30.5 Å². The van der Waals surface area contributed by atoms with Gasteiger partial charge in [-0.3, -0.25) is 0 Å². The van der Waals surface area contributed by atoms with E-state index in [-0.39, 0.29) is 12.1 Å². The standard InChI is InChI=1S/C16H27N3O2/c1-12(2)11-19(9-10-21-4)16(20)18-15-7-5-14(6-8-15)13(3)17/h5-8,12-13H,9-11,17H2,1-4H3,(H,18,20). The van der Waals surface area contributed by atoms with Crippen LogP contribution in [0.2, 0.25) is 0 Å². The van der Waals surface area contributed by atoms with Crippen LogP contribution in [0, 0.1) is 5.92 Å². The maximum absolute atomic E-state index is 12.3. The van der Waals surface area contributed by atoms with E-state index in [4.69, 9.17) is 10.5 Å². The van der Waals surface area contributed by atoms with Crippen molar-refractivity contribution in [3.8, 4) is 0 Å². The lowest BCUT2D eigenvalue weighted by atomic mass is 10.1. The maximum Gasteiger partial charge on any atom is 0.321 e. The number of hydrogen-bond acceptors (Lipinski definition) is 3. The molecular weight excluding hydrogens is 266 g/mol. The summed E-state index contributed by atoms with van der Waals surface area (Å²) in [6.07, 6.45) is 0. The summed E-state index contributed by atoms with van der Waals surface area (Å²) < 4.78 is 5.06. The van der Waals surface area contributed by atoms with Crippen molar-refractivity contribution in [3.63, 3.8) is 0 Å². The SMILES string of the molecule is COCCN(CC(C)C)C(=O)Nc1ccc(C(C)N)cc1. The van der Waals surface area contributed by atoms with Crippen LogP contribution in [-0.2, 0) is 4.74 Å². The van der Waals surface area contributed by atoms with E-state index < -0.39 is 0 Å². The number of carbonyl (C=O) groups is 1. The number of hydrogen-bond donors (Lipinski definition) is 2. The second kappa shape index (κ2) is 8.64. The van der Waals surface area contributed by atoms with Crippen LogP contribution in [0.3, 0.4) is 0 Å². The molecule has 1 unspecified atom stereocenters. The molecule has 5 nitrogen and oxygen atoms in total. The molecule has 1 aromatic rings. The summed E-state index contributed by atoms with van der Waals surface area (Å²) in [7, 11) is 1.64. The Morgan fingerprint density at radius 1 is 1.29 bits per heavy atom. The van der Waals surface area contributed by atoms with Gasteiger partial charge in [0.15, 0.2) is 0 Å². The van der Waals surface area contributed by atoms with Crippen molar-refractivity contribution in [1.29, 1.82) is 0 Å². The summed E-state index contributed by atoms with van der Waals surface area (Å²) in [5.41, 5.74) is 7.63. The molecular formula is C16H27N3O2. The topological polar surface area (TPSA) is 67.6 Å². The Morgan fingerprint density at radius 3 is 2.38 bits per heavy atom. The maximum atomic E-state index is 12.3. The summed E-state index contributed by atoms with van der Waals surface area (Å²) in [4.78, 5) is 14.1. The highest BCUT2D eigenvalue weighted by atomic mass is 16.5. The molecule has 0 saturated carbocycles. The number of nitrogens with zero attached hydrogens (tertiary/aromatic N) is 1. The number of carbonyl (C=O) groups excluding carboxylic acids is 1. The quantitative estimate of drug-likeness (QED) is 0.812. The van der Waals surface area contributed by atoms with E-state index in [1.54, 1.807) is 12.0 Å². The van der Waals surface area contributed by atoms with Gasteiger partial charge in [-0.15, -0.1) is 0 Å². The van der Waals surface area contributed by atoms with Crippen LogP contribution in [-0.4, -0.2) is 37.7 Å². The van der Waals surface area contributed by atoms with Crippen molar-refractivity contribution >= 4 is 11.7 Å². The zero-order valence-electron chi connectivity index (χ0n) is 13.4. The van der Waals surface area contributed by atoms with Gasteiger partial charge < -0.3 is 20.7 Å². The number of rotatable bonds is 7. The Balaban J connectivity index is 2.66.